The first-order valence-corrected chi connectivity index (χ1v) is 10.8. The number of rotatable bonds is 6. The van der Waals surface area contributed by atoms with Gasteiger partial charge in [-0.25, -0.2) is 9.37 Å². The summed E-state index contributed by atoms with van der Waals surface area (Å²) in [6, 6.07) is 16.2. The van der Waals surface area contributed by atoms with Crippen molar-refractivity contribution >= 4 is 22.9 Å². The lowest BCUT2D eigenvalue weighted by molar-refractivity contribution is -0.136. The first-order chi connectivity index (χ1) is 14.6. The number of carbonyl (C=O) groups is 1. The van der Waals surface area contributed by atoms with Crippen LogP contribution in [0.2, 0.25) is 0 Å². The highest BCUT2D eigenvalue weighted by Crippen LogP contribution is 2.22. The van der Waals surface area contributed by atoms with E-state index in [0.29, 0.717) is 25.4 Å². The van der Waals surface area contributed by atoms with Gasteiger partial charge >= 0.3 is 0 Å². The molecule has 30 heavy (non-hydrogen) atoms. The fourth-order valence-electron chi connectivity index (χ4n) is 3.57. The van der Waals surface area contributed by atoms with E-state index < -0.39 is 6.10 Å². The highest BCUT2D eigenvalue weighted by Gasteiger charge is 2.31. The molecule has 0 unspecified atom stereocenters. The third-order valence-electron chi connectivity index (χ3n) is 5.07. The SMILES string of the molecule is Cc1nc(CN(C(=O)[C@@H]2CN(Cc3ccccc3)CCO2)c2ccc(F)cc2)cs1. The van der Waals surface area contributed by atoms with Crippen molar-refractivity contribution in [1.82, 2.24) is 9.88 Å². The van der Waals surface area contributed by atoms with Crippen LogP contribution in [-0.4, -0.2) is 41.6 Å². The van der Waals surface area contributed by atoms with Crippen molar-refractivity contribution < 1.29 is 13.9 Å². The van der Waals surface area contributed by atoms with Gasteiger partial charge in [0.05, 0.1) is 23.9 Å². The molecule has 2 aromatic carbocycles. The van der Waals surface area contributed by atoms with Gasteiger partial charge in [0.15, 0.2) is 0 Å². The number of amides is 1. The van der Waals surface area contributed by atoms with Gasteiger partial charge in [-0.2, -0.15) is 0 Å². The highest BCUT2D eigenvalue weighted by molar-refractivity contribution is 7.09. The van der Waals surface area contributed by atoms with Gasteiger partial charge in [0.2, 0.25) is 0 Å². The smallest absolute Gasteiger partial charge is 0.257 e. The van der Waals surface area contributed by atoms with E-state index in [2.05, 4.69) is 22.0 Å². The number of benzene rings is 2. The Morgan fingerprint density at radius 1 is 1.23 bits per heavy atom. The summed E-state index contributed by atoms with van der Waals surface area (Å²) in [6.45, 7) is 4.82. The summed E-state index contributed by atoms with van der Waals surface area (Å²) in [5.41, 5.74) is 2.65. The molecule has 0 bridgehead atoms. The molecule has 0 N–H and O–H groups in total. The molecule has 156 valence electrons. The first-order valence-electron chi connectivity index (χ1n) is 9.94. The second-order valence-corrected chi connectivity index (χ2v) is 8.40. The number of thiazole rings is 1. The Labute approximate surface area is 179 Å². The van der Waals surface area contributed by atoms with Gasteiger partial charge in [0.1, 0.15) is 11.9 Å². The van der Waals surface area contributed by atoms with Crippen LogP contribution in [0.4, 0.5) is 10.1 Å². The van der Waals surface area contributed by atoms with Crippen LogP contribution in [0.1, 0.15) is 16.3 Å². The number of nitrogens with zero attached hydrogens (tertiary/aromatic N) is 3. The van der Waals surface area contributed by atoms with Crippen LogP contribution in [-0.2, 0) is 22.6 Å². The quantitative estimate of drug-likeness (QED) is 0.598. The van der Waals surface area contributed by atoms with Gasteiger partial charge in [0.25, 0.3) is 5.91 Å². The third-order valence-corrected chi connectivity index (χ3v) is 5.89. The zero-order chi connectivity index (χ0) is 20.9. The third kappa shape index (κ3) is 5.11. The molecule has 0 saturated carbocycles. The van der Waals surface area contributed by atoms with Crippen molar-refractivity contribution in [2.75, 3.05) is 24.6 Å². The van der Waals surface area contributed by atoms with Crippen molar-refractivity contribution in [2.45, 2.75) is 26.1 Å². The maximum atomic E-state index is 13.4. The Morgan fingerprint density at radius 2 is 2.00 bits per heavy atom. The average Bonchev–Trinajstić information content (AvgIpc) is 3.18. The van der Waals surface area contributed by atoms with Crippen LogP contribution in [0.15, 0.2) is 60.0 Å². The maximum Gasteiger partial charge on any atom is 0.257 e. The minimum absolute atomic E-state index is 0.134. The number of anilines is 1. The van der Waals surface area contributed by atoms with Gasteiger partial charge in [-0.3, -0.25) is 9.69 Å². The van der Waals surface area contributed by atoms with Crippen LogP contribution >= 0.6 is 11.3 Å². The summed E-state index contributed by atoms with van der Waals surface area (Å²) in [6.07, 6.45) is -0.577. The van der Waals surface area contributed by atoms with E-state index in [4.69, 9.17) is 4.74 Å². The van der Waals surface area contributed by atoms with E-state index in [9.17, 15) is 9.18 Å². The molecule has 1 saturated heterocycles. The van der Waals surface area contributed by atoms with E-state index in [1.165, 1.54) is 17.7 Å². The molecule has 1 aromatic heterocycles. The van der Waals surface area contributed by atoms with Crippen LogP contribution in [0.5, 0.6) is 0 Å². The number of hydrogen-bond donors (Lipinski definition) is 0. The summed E-state index contributed by atoms with van der Waals surface area (Å²) < 4.78 is 19.3. The fourth-order valence-corrected chi connectivity index (χ4v) is 4.18. The number of aromatic nitrogens is 1. The van der Waals surface area contributed by atoms with E-state index in [-0.39, 0.29) is 11.7 Å². The Hall–Kier alpha value is -2.61. The Bertz CT molecular complexity index is 978. The zero-order valence-corrected chi connectivity index (χ0v) is 17.6. The molecule has 0 aliphatic carbocycles. The Morgan fingerprint density at radius 3 is 2.70 bits per heavy atom. The van der Waals surface area contributed by atoms with Gasteiger partial charge in [-0.15, -0.1) is 11.3 Å². The highest BCUT2D eigenvalue weighted by atomic mass is 32.1. The lowest BCUT2D eigenvalue weighted by Crippen LogP contribution is -2.50. The second-order valence-electron chi connectivity index (χ2n) is 7.34. The van der Waals surface area contributed by atoms with Gasteiger partial charge in [-0.05, 0) is 36.8 Å². The second kappa shape index (κ2) is 9.47. The Kier molecular flexibility index (Phi) is 6.52. The predicted molar refractivity (Wildman–Crippen MR) is 116 cm³/mol. The molecule has 5 nitrogen and oxygen atoms in total. The molecule has 1 fully saturated rings. The zero-order valence-electron chi connectivity index (χ0n) is 16.8. The van der Waals surface area contributed by atoms with E-state index in [1.54, 1.807) is 28.4 Å². The van der Waals surface area contributed by atoms with Gasteiger partial charge in [0, 0.05) is 30.7 Å². The van der Waals surface area contributed by atoms with Crippen molar-refractivity contribution in [3.05, 3.63) is 82.1 Å². The average molecular weight is 426 g/mol. The number of ether oxygens (including phenoxy) is 1. The molecule has 3 aromatic rings. The summed E-state index contributed by atoms with van der Waals surface area (Å²) in [5.74, 6) is -0.469. The number of hydrogen-bond acceptors (Lipinski definition) is 5. The molecule has 0 spiro atoms. The molecule has 0 radical (unpaired) electrons. The fraction of sp³-hybridized carbons (Fsp3) is 0.304. The summed E-state index contributed by atoms with van der Waals surface area (Å²) in [7, 11) is 0. The number of halogens is 1. The predicted octanol–water partition coefficient (Wildman–Crippen LogP) is 4.02. The topological polar surface area (TPSA) is 45.7 Å². The minimum Gasteiger partial charge on any atom is -0.366 e. The molecule has 1 aliphatic heterocycles. The van der Waals surface area contributed by atoms with Crippen molar-refractivity contribution in [1.29, 1.82) is 0 Å². The van der Waals surface area contributed by atoms with Gasteiger partial charge < -0.3 is 9.64 Å². The van der Waals surface area contributed by atoms with Crippen LogP contribution in [0.25, 0.3) is 0 Å². The lowest BCUT2D eigenvalue weighted by Gasteiger charge is -2.35. The molecular weight excluding hydrogens is 401 g/mol. The number of carbonyl (C=O) groups excluding carboxylic acids is 1. The van der Waals surface area contributed by atoms with Crippen LogP contribution in [0.3, 0.4) is 0 Å². The first kappa shape index (κ1) is 20.7. The van der Waals surface area contributed by atoms with E-state index in [0.717, 1.165) is 23.8 Å². The lowest BCUT2D eigenvalue weighted by atomic mass is 10.1. The standard InChI is InChI=1S/C23H24FN3O2S/c1-17-25-20(16-30-17)14-27(21-9-7-19(24)8-10-21)23(28)22-15-26(11-12-29-22)13-18-5-3-2-4-6-18/h2-10,16,22H,11-15H2,1H3/t22-/m0/s1. The van der Waals surface area contributed by atoms with Crippen molar-refractivity contribution in [2.24, 2.45) is 0 Å². The normalized spacial score (nSPS) is 17.1. The molecule has 1 amide bonds. The summed E-state index contributed by atoms with van der Waals surface area (Å²) in [4.78, 5) is 21.8. The van der Waals surface area contributed by atoms with Crippen molar-refractivity contribution in [3.63, 3.8) is 0 Å². The van der Waals surface area contributed by atoms with Crippen LogP contribution < -0.4 is 4.90 Å². The van der Waals surface area contributed by atoms with Gasteiger partial charge in [-0.1, -0.05) is 30.3 Å². The molecule has 7 heteroatoms. The number of aryl methyl sites for hydroxylation is 1. The maximum absolute atomic E-state index is 13.4. The monoisotopic (exact) mass is 425 g/mol. The molecule has 2 heterocycles. The van der Waals surface area contributed by atoms with E-state index >= 15 is 0 Å². The molecular formula is C23H24FN3O2S. The largest absolute Gasteiger partial charge is 0.366 e. The Balaban J connectivity index is 1.51. The summed E-state index contributed by atoms with van der Waals surface area (Å²) in [5, 5.41) is 2.89. The molecule has 1 atom stereocenters. The number of morpholine rings is 1. The molecule has 1 aliphatic rings. The van der Waals surface area contributed by atoms with Crippen molar-refractivity contribution in [3.8, 4) is 0 Å². The summed E-state index contributed by atoms with van der Waals surface area (Å²) >= 11 is 1.54. The molecule has 4 rings (SSSR count). The van der Waals surface area contributed by atoms with E-state index in [1.807, 2.05) is 30.5 Å². The minimum atomic E-state index is -0.577. The van der Waals surface area contributed by atoms with Crippen LogP contribution in [0, 0.1) is 12.7 Å².